The number of likely N-dealkylation sites (tertiary alicyclic amines) is 1. The van der Waals surface area contributed by atoms with Gasteiger partial charge in [-0.1, -0.05) is 50.1 Å². The Labute approximate surface area is 145 Å². The maximum Gasteiger partial charge on any atom is 0.241 e. The Morgan fingerprint density at radius 2 is 2.00 bits per heavy atom. The average Bonchev–Trinajstić information content (AvgIpc) is 2.56. The molecular weight excluding hydrogens is 322 g/mol. The SMILES string of the molecule is CCCS(=O)(=O)[C@H](C)C(=O)N1C[C@H]2CCCC[C@]21c1ccccc1. The van der Waals surface area contributed by atoms with Crippen molar-refractivity contribution >= 4 is 15.7 Å². The Morgan fingerprint density at radius 1 is 1.29 bits per heavy atom. The number of carbonyl (C=O) groups is 1. The lowest BCUT2D eigenvalue weighted by Crippen LogP contribution is -2.69. The lowest BCUT2D eigenvalue weighted by Gasteiger charge is -2.62. The van der Waals surface area contributed by atoms with Crippen LogP contribution in [0.4, 0.5) is 0 Å². The number of rotatable bonds is 5. The van der Waals surface area contributed by atoms with Crippen molar-refractivity contribution in [1.29, 1.82) is 0 Å². The zero-order valence-electron chi connectivity index (χ0n) is 14.6. The molecule has 3 atom stereocenters. The molecule has 5 heteroatoms. The highest BCUT2D eigenvalue weighted by atomic mass is 32.2. The molecule has 0 unspecified atom stereocenters. The highest BCUT2D eigenvalue weighted by Gasteiger charge is 2.58. The number of fused-ring (bicyclic) bond motifs is 1. The van der Waals surface area contributed by atoms with Gasteiger partial charge >= 0.3 is 0 Å². The summed E-state index contributed by atoms with van der Waals surface area (Å²) in [5.74, 6) is 0.319. The van der Waals surface area contributed by atoms with E-state index in [2.05, 4.69) is 12.1 Å². The first kappa shape index (κ1) is 17.5. The summed E-state index contributed by atoms with van der Waals surface area (Å²) in [5.41, 5.74) is 0.876. The molecule has 3 rings (SSSR count). The number of hydrogen-bond acceptors (Lipinski definition) is 3. The van der Waals surface area contributed by atoms with Crippen LogP contribution in [0, 0.1) is 5.92 Å². The zero-order chi connectivity index (χ0) is 17.4. The molecule has 24 heavy (non-hydrogen) atoms. The van der Waals surface area contributed by atoms with Crippen LogP contribution in [0.2, 0.25) is 0 Å². The maximum absolute atomic E-state index is 13.0. The molecule has 1 aromatic rings. The van der Waals surface area contributed by atoms with E-state index in [-0.39, 0.29) is 17.2 Å². The Bertz CT molecular complexity index is 701. The zero-order valence-corrected chi connectivity index (χ0v) is 15.4. The third-order valence-electron chi connectivity index (χ3n) is 5.84. The highest BCUT2D eigenvalue weighted by molar-refractivity contribution is 7.92. The molecule has 1 aliphatic heterocycles. The number of benzene rings is 1. The van der Waals surface area contributed by atoms with Gasteiger partial charge in [-0.15, -0.1) is 0 Å². The van der Waals surface area contributed by atoms with Gasteiger partial charge in [-0.25, -0.2) is 8.42 Å². The molecule has 1 saturated carbocycles. The molecule has 132 valence electrons. The van der Waals surface area contributed by atoms with Gasteiger partial charge < -0.3 is 4.90 Å². The monoisotopic (exact) mass is 349 g/mol. The summed E-state index contributed by atoms with van der Waals surface area (Å²) in [6.07, 6.45) is 4.89. The van der Waals surface area contributed by atoms with E-state index in [0.29, 0.717) is 18.9 Å². The van der Waals surface area contributed by atoms with Gasteiger partial charge in [-0.05, 0) is 31.7 Å². The molecule has 0 radical (unpaired) electrons. The van der Waals surface area contributed by atoms with Crippen LogP contribution in [0.25, 0.3) is 0 Å². The van der Waals surface area contributed by atoms with Crippen molar-refractivity contribution in [3.63, 3.8) is 0 Å². The van der Waals surface area contributed by atoms with Gasteiger partial charge in [0.2, 0.25) is 5.91 Å². The van der Waals surface area contributed by atoms with E-state index >= 15 is 0 Å². The second kappa shape index (κ2) is 6.51. The quantitative estimate of drug-likeness (QED) is 0.821. The smallest absolute Gasteiger partial charge is 0.241 e. The molecule has 0 aromatic heterocycles. The van der Waals surface area contributed by atoms with Crippen LogP contribution in [0.15, 0.2) is 30.3 Å². The third-order valence-corrected chi connectivity index (χ3v) is 8.09. The number of hydrogen-bond donors (Lipinski definition) is 0. The Hall–Kier alpha value is -1.36. The topological polar surface area (TPSA) is 54.5 Å². The van der Waals surface area contributed by atoms with Crippen molar-refractivity contribution in [2.45, 2.75) is 56.7 Å². The molecule has 1 aromatic carbocycles. The molecule has 4 nitrogen and oxygen atoms in total. The van der Waals surface area contributed by atoms with E-state index < -0.39 is 15.1 Å². The molecule has 2 fully saturated rings. The molecule has 1 amide bonds. The van der Waals surface area contributed by atoms with Crippen molar-refractivity contribution < 1.29 is 13.2 Å². The van der Waals surface area contributed by atoms with Gasteiger partial charge in [0.05, 0.1) is 11.3 Å². The lowest BCUT2D eigenvalue weighted by molar-refractivity contribution is -0.165. The summed E-state index contributed by atoms with van der Waals surface area (Å²) in [6, 6.07) is 10.2. The fourth-order valence-electron chi connectivity index (χ4n) is 4.48. The van der Waals surface area contributed by atoms with E-state index in [0.717, 1.165) is 24.8 Å². The molecule has 1 aliphatic carbocycles. The van der Waals surface area contributed by atoms with Crippen LogP contribution in [0.1, 0.15) is 51.5 Å². The summed E-state index contributed by atoms with van der Waals surface area (Å²) in [7, 11) is -3.37. The van der Waals surface area contributed by atoms with Crippen molar-refractivity contribution in [2.75, 3.05) is 12.3 Å². The fourth-order valence-corrected chi connectivity index (χ4v) is 5.84. The summed E-state index contributed by atoms with van der Waals surface area (Å²) < 4.78 is 24.7. The van der Waals surface area contributed by atoms with Gasteiger partial charge in [0, 0.05) is 12.5 Å². The van der Waals surface area contributed by atoms with Crippen LogP contribution < -0.4 is 0 Å². The first-order valence-corrected chi connectivity index (χ1v) is 10.7. The lowest BCUT2D eigenvalue weighted by atomic mass is 9.61. The Balaban J connectivity index is 1.92. The summed E-state index contributed by atoms with van der Waals surface area (Å²) >= 11 is 0. The van der Waals surface area contributed by atoms with Crippen molar-refractivity contribution in [3.8, 4) is 0 Å². The summed E-state index contributed by atoms with van der Waals surface area (Å²) in [4.78, 5) is 14.9. The van der Waals surface area contributed by atoms with Crippen LogP contribution in [-0.4, -0.2) is 36.8 Å². The summed E-state index contributed by atoms with van der Waals surface area (Å²) in [6.45, 7) is 4.09. The largest absolute Gasteiger partial charge is 0.331 e. The highest BCUT2D eigenvalue weighted by Crippen LogP contribution is 2.54. The van der Waals surface area contributed by atoms with Crippen LogP contribution >= 0.6 is 0 Å². The number of amides is 1. The molecule has 2 aliphatic rings. The van der Waals surface area contributed by atoms with E-state index in [9.17, 15) is 13.2 Å². The van der Waals surface area contributed by atoms with E-state index in [1.165, 1.54) is 6.42 Å². The van der Waals surface area contributed by atoms with Crippen LogP contribution in [-0.2, 0) is 20.2 Å². The minimum Gasteiger partial charge on any atom is -0.331 e. The summed E-state index contributed by atoms with van der Waals surface area (Å²) in [5, 5.41) is -0.944. The second-order valence-corrected chi connectivity index (χ2v) is 9.63. The van der Waals surface area contributed by atoms with E-state index in [1.807, 2.05) is 30.0 Å². The van der Waals surface area contributed by atoms with Gasteiger partial charge in [0.15, 0.2) is 9.84 Å². The van der Waals surface area contributed by atoms with Crippen molar-refractivity contribution in [2.24, 2.45) is 5.92 Å². The molecule has 0 N–H and O–H groups in total. The van der Waals surface area contributed by atoms with Gasteiger partial charge in [-0.3, -0.25) is 4.79 Å². The second-order valence-electron chi connectivity index (χ2n) is 7.19. The fraction of sp³-hybridized carbons (Fsp3) is 0.632. The van der Waals surface area contributed by atoms with Gasteiger partial charge in [0.1, 0.15) is 5.25 Å². The number of sulfone groups is 1. The van der Waals surface area contributed by atoms with Gasteiger partial charge in [-0.2, -0.15) is 0 Å². The van der Waals surface area contributed by atoms with Crippen LogP contribution in [0.3, 0.4) is 0 Å². The normalized spacial score (nSPS) is 27.9. The maximum atomic E-state index is 13.0. The van der Waals surface area contributed by atoms with Crippen molar-refractivity contribution in [3.05, 3.63) is 35.9 Å². The first-order valence-electron chi connectivity index (χ1n) is 9.02. The average molecular weight is 349 g/mol. The minimum absolute atomic E-state index is 0.0789. The molecule has 1 saturated heterocycles. The van der Waals surface area contributed by atoms with Crippen molar-refractivity contribution in [1.82, 2.24) is 4.90 Å². The minimum atomic E-state index is -3.37. The third kappa shape index (κ3) is 2.67. The molecule has 1 heterocycles. The Kier molecular flexibility index (Phi) is 4.73. The standard InChI is InChI=1S/C19H27NO3S/c1-3-13-24(22,23)15(2)18(21)20-14-17-11-7-8-12-19(17,20)16-9-5-4-6-10-16/h4-6,9-10,15,17H,3,7-8,11-14H2,1-2H3/t15-,17-,19+/m1/s1. The molecule has 0 spiro atoms. The van der Waals surface area contributed by atoms with E-state index in [1.54, 1.807) is 6.92 Å². The van der Waals surface area contributed by atoms with Crippen LogP contribution in [0.5, 0.6) is 0 Å². The first-order chi connectivity index (χ1) is 11.4. The number of carbonyl (C=O) groups excluding carboxylic acids is 1. The number of nitrogens with zero attached hydrogens (tertiary/aromatic N) is 1. The van der Waals surface area contributed by atoms with Gasteiger partial charge in [0.25, 0.3) is 0 Å². The predicted octanol–water partition coefficient (Wildman–Crippen LogP) is 3.13. The molecular formula is C19H27NO3S. The molecule has 0 bridgehead atoms. The van der Waals surface area contributed by atoms with E-state index in [4.69, 9.17) is 0 Å². The Morgan fingerprint density at radius 3 is 2.62 bits per heavy atom. The predicted molar refractivity (Wildman–Crippen MR) is 95.3 cm³/mol.